The molecule has 1 aromatic rings. The number of hydrogen-bond donors (Lipinski definition) is 1. The Labute approximate surface area is 75.2 Å². The van der Waals surface area contributed by atoms with E-state index in [1.165, 1.54) is 5.01 Å². The molecule has 1 aromatic heterocycles. The van der Waals surface area contributed by atoms with Gasteiger partial charge in [0.25, 0.3) is 0 Å². The van der Waals surface area contributed by atoms with Gasteiger partial charge >= 0.3 is 0 Å². The van der Waals surface area contributed by atoms with Gasteiger partial charge in [0.05, 0.1) is 5.01 Å². The summed E-state index contributed by atoms with van der Waals surface area (Å²) in [5.41, 5.74) is 5.35. The maximum absolute atomic E-state index is 5.35. The van der Waals surface area contributed by atoms with Crippen molar-refractivity contribution in [1.29, 1.82) is 0 Å². The molecule has 0 saturated carbocycles. The Balaban J connectivity index is 2.04. The average molecular weight is 188 g/mol. The lowest BCUT2D eigenvalue weighted by molar-refractivity contribution is 1.09. The van der Waals surface area contributed by atoms with E-state index in [0.717, 1.165) is 24.5 Å². The van der Waals surface area contributed by atoms with E-state index in [4.69, 9.17) is 5.73 Å². The molecule has 2 N–H and O–H groups in total. The van der Waals surface area contributed by atoms with E-state index in [9.17, 15) is 0 Å². The molecule has 62 valence electrons. The molecule has 2 nitrogen and oxygen atoms in total. The van der Waals surface area contributed by atoms with Crippen LogP contribution < -0.4 is 5.73 Å². The standard InChI is InChI=1S/C7H12N2S2/c8-2-5-10-4-1-7-9-3-6-11-7/h3,6H,1-2,4-5,8H2. The van der Waals surface area contributed by atoms with Crippen molar-refractivity contribution in [3.63, 3.8) is 0 Å². The first-order chi connectivity index (χ1) is 5.43. The van der Waals surface area contributed by atoms with E-state index in [1.807, 2.05) is 23.3 Å². The molecule has 0 aromatic carbocycles. The zero-order valence-corrected chi connectivity index (χ0v) is 7.96. The second kappa shape index (κ2) is 5.57. The first-order valence-electron chi connectivity index (χ1n) is 3.59. The van der Waals surface area contributed by atoms with Crippen molar-refractivity contribution < 1.29 is 0 Å². The predicted molar refractivity (Wildman–Crippen MR) is 52.2 cm³/mol. The van der Waals surface area contributed by atoms with Crippen LogP contribution in [0.5, 0.6) is 0 Å². The van der Waals surface area contributed by atoms with Gasteiger partial charge in [0.2, 0.25) is 0 Å². The summed E-state index contributed by atoms with van der Waals surface area (Å²) < 4.78 is 0. The van der Waals surface area contributed by atoms with Crippen LogP contribution in [0.2, 0.25) is 0 Å². The van der Waals surface area contributed by atoms with E-state index >= 15 is 0 Å². The van der Waals surface area contributed by atoms with Gasteiger partial charge in [0.15, 0.2) is 0 Å². The molecule has 0 aliphatic heterocycles. The minimum Gasteiger partial charge on any atom is -0.330 e. The first-order valence-corrected chi connectivity index (χ1v) is 5.63. The van der Waals surface area contributed by atoms with Crippen LogP contribution in [0.4, 0.5) is 0 Å². The summed E-state index contributed by atoms with van der Waals surface area (Å²) in [6, 6.07) is 0. The molecule has 11 heavy (non-hydrogen) atoms. The fourth-order valence-electron chi connectivity index (χ4n) is 0.721. The third-order valence-corrected chi connectivity index (χ3v) is 3.06. The Hall–Kier alpha value is -0.0600. The van der Waals surface area contributed by atoms with Crippen LogP contribution in [-0.4, -0.2) is 23.0 Å². The average Bonchev–Trinajstić information content (AvgIpc) is 2.50. The molecule has 0 aliphatic rings. The third-order valence-electron chi connectivity index (χ3n) is 1.21. The van der Waals surface area contributed by atoms with E-state index in [-0.39, 0.29) is 0 Å². The van der Waals surface area contributed by atoms with E-state index in [2.05, 4.69) is 4.98 Å². The summed E-state index contributed by atoms with van der Waals surface area (Å²) in [5.74, 6) is 2.20. The van der Waals surface area contributed by atoms with Gasteiger partial charge in [-0.1, -0.05) is 0 Å². The van der Waals surface area contributed by atoms with E-state index in [0.29, 0.717) is 0 Å². The van der Waals surface area contributed by atoms with Gasteiger partial charge in [-0.05, 0) is 5.75 Å². The zero-order chi connectivity index (χ0) is 7.94. The molecule has 4 heteroatoms. The van der Waals surface area contributed by atoms with Gasteiger partial charge < -0.3 is 5.73 Å². The van der Waals surface area contributed by atoms with Crippen LogP contribution in [0.25, 0.3) is 0 Å². The molecule has 0 unspecified atom stereocenters. The van der Waals surface area contributed by atoms with Crippen molar-refractivity contribution in [3.8, 4) is 0 Å². The Morgan fingerprint density at radius 1 is 1.55 bits per heavy atom. The Morgan fingerprint density at radius 3 is 3.09 bits per heavy atom. The van der Waals surface area contributed by atoms with Gasteiger partial charge in [-0.2, -0.15) is 11.8 Å². The van der Waals surface area contributed by atoms with Crippen LogP contribution in [0.3, 0.4) is 0 Å². The summed E-state index contributed by atoms with van der Waals surface area (Å²) in [7, 11) is 0. The second-order valence-electron chi connectivity index (χ2n) is 2.08. The van der Waals surface area contributed by atoms with Gasteiger partial charge in [-0.3, -0.25) is 0 Å². The highest BCUT2D eigenvalue weighted by Gasteiger charge is 1.94. The lowest BCUT2D eigenvalue weighted by Crippen LogP contribution is -2.02. The van der Waals surface area contributed by atoms with E-state index < -0.39 is 0 Å². The van der Waals surface area contributed by atoms with Gasteiger partial charge in [0.1, 0.15) is 0 Å². The Bertz CT molecular complexity index is 175. The van der Waals surface area contributed by atoms with Crippen molar-refractivity contribution in [1.82, 2.24) is 4.98 Å². The van der Waals surface area contributed by atoms with Crippen LogP contribution in [-0.2, 0) is 6.42 Å². The molecular formula is C7H12N2S2. The largest absolute Gasteiger partial charge is 0.330 e. The molecule has 1 rings (SSSR count). The number of nitrogens with zero attached hydrogens (tertiary/aromatic N) is 1. The number of thiazole rings is 1. The quantitative estimate of drug-likeness (QED) is 0.709. The molecule has 0 atom stereocenters. The summed E-state index contributed by atoms with van der Waals surface area (Å²) in [6.45, 7) is 0.780. The third kappa shape index (κ3) is 3.74. The van der Waals surface area contributed by atoms with Gasteiger partial charge in [-0.25, -0.2) is 4.98 Å². The highest BCUT2D eigenvalue weighted by Crippen LogP contribution is 2.08. The van der Waals surface area contributed by atoms with Crippen LogP contribution in [0, 0.1) is 0 Å². The van der Waals surface area contributed by atoms with Crippen molar-refractivity contribution in [2.45, 2.75) is 6.42 Å². The minimum atomic E-state index is 0.780. The summed E-state index contributed by atoms with van der Waals surface area (Å²) >= 11 is 3.62. The topological polar surface area (TPSA) is 38.9 Å². The summed E-state index contributed by atoms with van der Waals surface area (Å²) in [6.07, 6.45) is 2.94. The Kier molecular flexibility index (Phi) is 4.58. The van der Waals surface area contributed by atoms with Crippen molar-refractivity contribution in [2.75, 3.05) is 18.1 Å². The number of aromatic nitrogens is 1. The summed E-state index contributed by atoms with van der Waals surface area (Å²) in [4.78, 5) is 4.19. The first kappa shape index (κ1) is 9.03. The fraction of sp³-hybridized carbons (Fsp3) is 0.571. The Morgan fingerprint density at radius 2 is 2.45 bits per heavy atom. The minimum absolute atomic E-state index is 0.780. The van der Waals surface area contributed by atoms with Crippen LogP contribution in [0.1, 0.15) is 5.01 Å². The fourth-order valence-corrected chi connectivity index (χ4v) is 2.18. The molecule has 0 aliphatic carbocycles. The summed E-state index contributed by atoms with van der Waals surface area (Å²) in [5, 5.41) is 3.25. The number of nitrogens with two attached hydrogens (primary N) is 1. The van der Waals surface area contributed by atoms with E-state index in [1.54, 1.807) is 11.3 Å². The normalized spacial score (nSPS) is 10.3. The number of hydrogen-bond acceptors (Lipinski definition) is 4. The maximum atomic E-state index is 5.35. The highest BCUT2D eigenvalue weighted by molar-refractivity contribution is 7.99. The van der Waals surface area contributed by atoms with Gasteiger partial charge in [-0.15, -0.1) is 11.3 Å². The molecule has 0 saturated heterocycles. The molecule has 0 amide bonds. The number of rotatable bonds is 5. The number of aryl methyl sites for hydroxylation is 1. The molecular weight excluding hydrogens is 176 g/mol. The predicted octanol–water partition coefficient (Wildman–Crippen LogP) is 1.38. The molecule has 0 spiro atoms. The SMILES string of the molecule is NCCSCCc1nccs1. The van der Waals surface area contributed by atoms with Crippen molar-refractivity contribution in [2.24, 2.45) is 5.73 Å². The number of thioether (sulfide) groups is 1. The maximum Gasteiger partial charge on any atom is 0.0933 e. The van der Waals surface area contributed by atoms with Crippen molar-refractivity contribution in [3.05, 3.63) is 16.6 Å². The van der Waals surface area contributed by atoms with Crippen molar-refractivity contribution >= 4 is 23.1 Å². The molecule has 1 heterocycles. The van der Waals surface area contributed by atoms with Crippen LogP contribution in [0.15, 0.2) is 11.6 Å². The smallest absolute Gasteiger partial charge is 0.0933 e. The second-order valence-corrected chi connectivity index (χ2v) is 4.28. The monoisotopic (exact) mass is 188 g/mol. The van der Waals surface area contributed by atoms with Crippen LogP contribution >= 0.6 is 23.1 Å². The van der Waals surface area contributed by atoms with Gasteiger partial charge in [0, 0.05) is 30.3 Å². The lowest BCUT2D eigenvalue weighted by Gasteiger charge is -1.95. The molecule has 0 bridgehead atoms. The molecule has 0 fully saturated rings. The lowest BCUT2D eigenvalue weighted by atomic mass is 10.5. The zero-order valence-electron chi connectivity index (χ0n) is 6.32. The molecule has 0 radical (unpaired) electrons. The highest BCUT2D eigenvalue weighted by atomic mass is 32.2.